The molecule has 3 rings (SSSR count). The lowest BCUT2D eigenvalue weighted by molar-refractivity contribution is -0.385. The monoisotopic (exact) mass is 458 g/mol. The Morgan fingerprint density at radius 2 is 1.91 bits per heavy atom. The molecule has 33 heavy (non-hydrogen) atoms. The molecule has 0 saturated heterocycles. The van der Waals surface area contributed by atoms with Crippen molar-refractivity contribution in [1.29, 1.82) is 0 Å². The first-order chi connectivity index (χ1) is 16.0. The number of rotatable bonds is 12. The second-order valence-corrected chi connectivity index (χ2v) is 8.90. The van der Waals surface area contributed by atoms with Gasteiger partial charge in [0.15, 0.2) is 5.75 Å². The Balaban J connectivity index is 1.27. The second-order valence-electron chi connectivity index (χ2n) is 8.90. The summed E-state index contributed by atoms with van der Waals surface area (Å²) >= 11 is 0. The van der Waals surface area contributed by atoms with E-state index in [4.69, 9.17) is 14.7 Å². The van der Waals surface area contributed by atoms with E-state index in [0.29, 0.717) is 11.7 Å². The van der Waals surface area contributed by atoms with Crippen molar-refractivity contribution in [1.82, 2.24) is 5.48 Å². The van der Waals surface area contributed by atoms with E-state index < -0.39 is 4.92 Å². The summed E-state index contributed by atoms with van der Waals surface area (Å²) in [7, 11) is 0. The highest BCUT2D eigenvalue weighted by molar-refractivity contribution is 5.78. The van der Waals surface area contributed by atoms with Crippen LogP contribution in [0, 0.1) is 27.9 Å². The van der Waals surface area contributed by atoms with Gasteiger partial charge in [-0.05, 0) is 62.0 Å². The van der Waals surface area contributed by atoms with Crippen LogP contribution in [0.5, 0.6) is 11.5 Å². The molecule has 1 aromatic carbocycles. The van der Waals surface area contributed by atoms with E-state index in [1.165, 1.54) is 12.5 Å². The zero-order valence-electron chi connectivity index (χ0n) is 19.2. The van der Waals surface area contributed by atoms with Gasteiger partial charge in [-0.3, -0.25) is 20.1 Å². The van der Waals surface area contributed by atoms with E-state index in [-0.39, 0.29) is 36.0 Å². The van der Waals surface area contributed by atoms with Crippen LogP contribution in [-0.2, 0) is 11.2 Å². The van der Waals surface area contributed by atoms with Crippen molar-refractivity contribution in [2.75, 3.05) is 6.79 Å². The minimum Gasteiger partial charge on any atom is -0.453 e. The average molecular weight is 459 g/mol. The number of nitrogens with zero attached hydrogens (tertiary/aromatic N) is 1. The van der Waals surface area contributed by atoms with Gasteiger partial charge in [-0.2, -0.15) is 0 Å². The maximum Gasteiger partial charge on any atom is 0.315 e. The molecule has 8 heteroatoms. The third-order valence-electron chi connectivity index (χ3n) is 6.52. The van der Waals surface area contributed by atoms with Gasteiger partial charge in [-0.15, -0.1) is 0 Å². The molecule has 3 unspecified atom stereocenters. The Labute approximate surface area is 194 Å². The number of nitro groups is 1. The van der Waals surface area contributed by atoms with Crippen molar-refractivity contribution in [3.63, 3.8) is 0 Å². The molecular formula is C25H34N2O6. The maximum atomic E-state index is 11.8. The van der Waals surface area contributed by atoms with Gasteiger partial charge < -0.3 is 9.47 Å². The molecule has 180 valence electrons. The Kier molecular flexibility index (Phi) is 9.30. The van der Waals surface area contributed by atoms with Crippen molar-refractivity contribution in [3.8, 4) is 11.5 Å². The molecule has 3 atom stereocenters. The smallest absolute Gasteiger partial charge is 0.315 e. The average Bonchev–Trinajstić information content (AvgIpc) is 3.30. The van der Waals surface area contributed by atoms with E-state index in [0.717, 1.165) is 56.9 Å². The Hall–Kier alpha value is -2.87. The number of amides is 1. The lowest BCUT2D eigenvalue weighted by Crippen LogP contribution is -2.34. The molecule has 0 spiro atoms. The number of nitro benzene ring substituents is 1. The summed E-state index contributed by atoms with van der Waals surface area (Å²) < 4.78 is 10.7. The zero-order chi connectivity index (χ0) is 23.6. The number of nitrogens with one attached hydrogen (secondary N) is 1. The third-order valence-corrected chi connectivity index (χ3v) is 6.52. The summed E-state index contributed by atoms with van der Waals surface area (Å²) in [4.78, 5) is 22.4. The topological polar surface area (TPSA) is 111 Å². The number of unbranched alkanes of at least 4 members (excludes halogenated alkanes) is 5. The van der Waals surface area contributed by atoms with E-state index in [1.807, 2.05) is 6.92 Å². The van der Waals surface area contributed by atoms with Gasteiger partial charge >= 0.3 is 5.69 Å². The fourth-order valence-electron chi connectivity index (χ4n) is 4.56. The molecule has 2 N–H and O–H groups in total. The largest absolute Gasteiger partial charge is 0.453 e. The van der Waals surface area contributed by atoms with E-state index in [1.54, 1.807) is 11.5 Å². The van der Waals surface area contributed by atoms with Crippen molar-refractivity contribution in [2.24, 2.45) is 17.8 Å². The first kappa shape index (κ1) is 24.8. The van der Waals surface area contributed by atoms with Crippen molar-refractivity contribution < 1.29 is 24.4 Å². The third kappa shape index (κ3) is 6.81. The number of carbonyl (C=O) groups is 1. The van der Waals surface area contributed by atoms with Crippen LogP contribution in [-0.4, -0.2) is 22.8 Å². The van der Waals surface area contributed by atoms with Crippen LogP contribution in [0.2, 0.25) is 0 Å². The highest BCUT2D eigenvalue weighted by Crippen LogP contribution is 2.43. The van der Waals surface area contributed by atoms with Gasteiger partial charge in [0, 0.05) is 12.0 Å². The molecule has 0 fully saturated rings. The number of fused-ring (bicyclic) bond motifs is 1. The van der Waals surface area contributed by atoms with Gasteiger partial charge in [0.1, 0.15) is 0 Å². The SMILES string of the molecule is CC1C=CC(CC=CCCCCCCCc2ccc([N+](=O)[O-])c3c2OCO3)CC1C(=O)NO. The molecule has 0 bridgehead atoms. The fraction of sp³-hybridized carbons (Fsp3) is 0.560. The van der Waals surface area contributed by atoms with Crippen molar-refractivity contribution in [3.05, 3.63) is 52.1 Å². The molecular weight excluding hydrogens is 424 g/mol. The molecule has 8 nitrogen and oxygen atoms in total. The molecule has 1 amide bonds. The van der Waals surface area contributed by atoms with E-state index in [9.17, 15) is 14.9 Å². The summed E-state index contributed by atoms with van der Waals surface area (Å²) in [6.45, 7) is 2.04. The molecule has 1 heterocycles. The quantitative estimate of drug-likeness (QED) is 0.141. The summed E-state index contributed by atoms with van der Waals surface area (Å²) in [5, 5.41) is 20.0. The number of hydrogen-bond acceptors (Lipinski definition) is 6. The van der Waals surface area contributed by atoms with Crippen LogP contribution < -0.4 is 15.0 Å². The predicted molar refractivity (Wildman–Crippen MR) is 124 cm³/mol. The van der Waals surface area contributed by atoms with E-state index in [2.05, 4.69) is 24.3 Å². The van der Waals surface area contributed by atoms with Crippen LogP contribution in [0.1, 0.15) is 63.9 Å². The van der Waals surface area contributed by atoms with Gasteiger partial charge in [-0.1, -0.05) is 50.5 Å². The van der Waals surface area contributed by atoms with Gasteiger partial charge in [0.05, 0.1) is 4.92 Å². The number of carbonyl (C=O) groups excluding carboxylic acids is 1. The number of benzene rings is 1. The number of aryl methyl sites for hydroxylation is 1. The molecule has 1 aliphatic heterocycles. The summed E-state index contributed by atoms with van der Waals surface area (Å²) in [6.07, 6.45) is 17.8. The first-order valence-corrected chi connectivity index (χ1v) is 11.8. The minimum absolute atomic E-state index is 0.0371. The number of hydrogen-bond donors (Lipinski definition) is 2. The molecule has 0 aromatic heterocycles. The summed E-state index contributed by atoms with van der Waals surface area (Å²) in [5.41, 5.74) is 2.72. The van der Waals surface area contributed by atoms with Crippen LogP contribution >= 0.6 is 0 Å². The predicted octanol–water partition coefficient (Wildman–Crippen LogP) is 5.49. The second kappa shape index (κ2) is 12.4. The van der Waals surface area contributed by atoms with Gasteiger partial charge in [0.25, 0.3) is 0 Å². The lowest BCUT2D eigenvalue weighted by Gasteiger charge is -2.27. The molecule has 1 aliphatic carbocycles. The summed E-state index contributed by atoms with van der Waals surface area (Å²) in [5.74, 6) is 0.827. The normalized spacial score (nSPS) is 21.5. The maximum absolute atomic E-state index is 11.8. The number of ether oxygens (including phenoxy) is 2. The highest BCUT2D eigenvalue weighted by atomic mass is 16.7. The highest BCUT2D eigenvalue weighted by Gasteiger charge is 2.29. The van der Waals surface area contributed by atoms with Crippen LogP contribution in [0.15, 0.2) is 36.4 Å². The Bertz CT molecular complexity index is 882. The van der Waals surface area contributed by atoms with Crippen LogP contribution in [0.25, 0.3) is 0 Å². The van der Waals surface area contributed by atoms with Gasteiger partial charge in [-0.25, -0.2) is 5.48 Å². The minimum atomic E-state index is -0.440. The standard InChI is InChI=1S/C25H34N2O6/c1-18-12-13-19(16-21(18)25(28)26-29)10-8-6-4-2-3-5-7-9-11-20-14-15-22(27(30)31)24-23(20)32-17-33-24/h6,8,12-15,18-19,21,29H,2-5,7,9-11,16-17H2,1H3,(H,26,28). The fourth-order valence-corrected chi connectivity index (χ4v) is 4.56. The molecule has 0 radical (unpaired) electrons. The Morgan fingerprint density at radius 3 is 2.70 bits per heavy atom. The van der Waals surface area contributed by atoms with Crippen molar-refractivity contribution >= 4 is 11.6 Å². The molecule has 1 aromatic rings. The van der Waals surface area contributed by atoms with Crippen LogP contribution in [0.4, 0.5) is 5.69 Å². The Morgan fingerprint density at radius 1 is 1.15 bits per heavy atom. The first-order valence-electron chi connectivity index (χ1n) is 11.8. The summed E-state index contributed by atoms with van der Waals surface area (Å²) in [6, 6.07) is 3.28. The molecule has 0 saturated carbocycles. The van der Waals surface area contributed by atoms with Gasteiger partial charge in [0.2, 0.25) is 18.4 Å². The zero-order valence-corrected chi connectivity index (χ0v) is 19.2. The van der Waals surface area contributed by atoms with Crippen LogP contribution in [0.3, 0.4) is 0 Å². The van der Waals surface area contributed by atoms with Crippen molar-refractivity contribution in [2.45, 2.75) is 64.7 Å². The number of allylic oxidation sites excluding steroid dienone is 4. The number of hydroxylamine groups is 1. The molecule has 2 aliphatic rings. The van der Waals surface area contributed by atoms with E-state index >= 15 is 0 Å². The lowest BCUT2D eigenvalue weighted by atomic mass is 9.78.